The normalized spacial score (nSPS) is 11.1. The molecule has 6 rings (SSSR count). The number of thioether (sulfide) groups is 1. The summed E-state index contributed by atoms with van der Waals surface area (Å²) in [6.07, 6.45) is 1.77. The fourth-order valence-electron chi connectivity index (χ4n) is 4.15. The number of hydrogen-bond donors (Lipinski definition) is 2. The van der Waals surface area contributed by atoms with Crippen LogP contribution in [0.4, 0.5) is 11.6 Å². The van der Waals surface area contributed by atoms with E-state index in [1.54, 1.807) is 18.0 Å². The van der Waals surface area contributed by atoms with E-state index in [-0.39, 0.29) is 5.56 Å². The van der Waals surface area contributed by atoms with Crippen LogP contribution in [0.5, 0.6) is 0 Å². The van der Waals surface area contributed by atoms with E-state index in [4.69, 9.17) is 4.98 Å². The Hall–Kier alpha value is -4.42. The molecule has 2 aromatic heterocycles. The van der Waals surface area contributed by atoms with E-state index in [1.165, 1.54) is 10.8 Å². The molecule has 5 nitrogen and oxygen atoms in total. The smallest absolute Gasteiger partial charge is 0.252 e. The Morgan fingerprint density at radius 3 is 2.42 bits per heavy atom. The van der Waals surface area contributed by atoms with E-state index in [1.807, 2.05) is 72.8 Å². The van der Waals surface area contributed by atoms with Crippen molar-refractivity contribution >= 4 is 45.1 Å². The van der Waals surface area contributed by atoms with Crippen LogP contribution in [-0.4, -0.2) is 15.0 Å². The largest absolute Gasteiger partial charge is 0.324 e. The van der Waals surface area contributed by atoms with Crippen molar-refractivity contribution in [3.8, 4) is 11.3 Å². The van der Waals surface area contributed by atoms with Gasteiger partial charge in [-0.2, -0.15) is 0 Å². The van der Waals surface area contributed by atoms with Crippen LogP contribution < -0.4 is 10.9 Å². The maximum Gasteiger partial charge on any atom is 0.252 e. The van der Waals surface area contributed by atoms with Crippen LogP contribution in [0, 0.1) is 0 Å². The third-order valence-corrected chi connectivity index (χ3v) is 7.10. The van der Waals surface area contributed by atoms with Crippen LogP contribution in [-0.2, 0) is 5.75 Å². The quantitative estimate of drug-likeness (QED) is 0.244. The first-order valence-corrected chi connectivity index (χ1v) is 12.6. The molecule has 0 radical (unpaired) electrons. The van der Waals surface area contributed by atoms with E-state index in [0.717, 1.165) is 38.3 Å². The first-order valence-electron chi connectivity index (χ1n) is 11.6. The number of pyridine rings is 1. The second kappa shape index (κ2) is 9.68. The SMILES string of the molecule is O=c1[nH]c2ccccc2cc1CSc1ccc(Nc2nccc(-c3ccc4ccccc4c3)n2)cc1. The van der Waals surface area contributed by atoms with Gasteiger partial charge in [-0.25, -0.2) is 9.97 Å². The van der Waals surface area contributed by atoms with E-state index in [2.05, 4.69) is 45.6 Å². The third kappa shape index (κ3) is 4.72. The molecule has 0 bridgehead atoms. The van der Waals surface area contributed by atoms with Gasteiger partial charge in [0.05, 0.1) is 5.69 Å². The van der Waals surface area contributed by atoms with Crippen molar-refractivity contribution in [1.82, 2.24) is 15.0 Å². The van der Waals surface area contributed by atoms with Crippen molar-refractivity contribution in [2.24, 2.45) is 0 Å². The Labute approximate surface area is 212 Å². The van der Waals surface area contributed by atoms with Gasteiger partial charge in [-0.1, -0.05) is 54.6 Å². The fraction of sp³-hybridized carbons (Fsp3) is 0.0333. The molecule has 0 unspecified atom stereocenters. The molecule has 0 aliphatic rings. The minimum Gasteiger partial charge on any atom is -0.324 e. The highest BCUT2D eigenvalue weighted by Crippen LogP contribution is 2.26. The van der Waals surface area contributed by atoms with Crippen LogP contribution in [0.2, 0.25) is 0 Å². The van der Waals surface area contributed by atoms with Crippen LogP contribution >= 0.6 is 11.8 Å². The average molecular weight is 487 g/mol. The van der Waals surface area contributed by atoms with Crippen LogP contribution in [0.15, 0.2) is 119 Å². The Morgan fingerprint density at radius 2 is 1.56 bits per heavy atom. The zero-order chi connectivity index (χ0) is 24.3. The van der Waals surface area contributed by atoms with Gasteiger partial charge in [-0.3, -0.25) is 4.79 Å². The molecule has 0 aliphatic carbocycles. The number of para-hydroxylation sites is 1. The summed E-state index contributed by atoms with van der Waals surface area (Å²) in [4.78, 5) is 25.6. The summed E-state index contributed by atoms with van der Waals surface area (Å²) >= 11 is 1.63. The minimum atomic E-state index is -0.0390. The molecule has 6 heteroatoms. The first kappa shape index (κ1) is 22.1. The number of aromatic nitrogens is 3. The molecule has 2 heterocycles. The molecule has 0 atom stereocenters. The summed E-state index contributed by atoms with van der Waals surface area (Å²) < 4.78 is 0. The molecular weight excluding hydrogens is 464 g/mol. The molecule has 2 N–H and O–H groups in total. The molecule has 36 heavy (non-hydrogen) atoms. The first-order chi connectivity index (χ1) is 17.7. The Balaban J connectivity index is 1.15. The predicted octanol–water partition coefficient (Wildman–Crippen LogP) is 7.17. The van der Waals surface area contributed by atoms with Crippen molar-refractivity contribution in [2.75, 3.05) is 5.32 Å². The highest BCUT2D eigenvalue weighted by Gasteiger charge is 2.06. The topological polar surface area (TPSA) is 70.7 Å². The number of benzene rings is 4. The Morgan fingerprint density at radius 1 is 0.778 bits per heavy atom. The monoisotopic (exact) mass is 486 g/mol. The maximum absolute atomic E-state index is 12.4. The molecule has 0 spiro atoms. The van der Waals surface area contributed by atoms with E-state index in [9.17, 15) is 4.79 Å². The van der Waals surface area contributed by atoms with Crippen molar-refractivity contribution < 1.29 is 0 Å². The molecule has 0 saturated heterocycles. The second-order valence-corrected chi connectivity index (χ2v) is 9.53. The number of fused-ring (bicyclic) bond motifs is 2. The minimum absolute atomic E-state index is 0.0390. The lowest BCUT2D eigenvalue weighted by molar-refractivity contribution is 1.17. The Kier molecular flexibility index (Phi) is 5.93. The summed E-state index contributed by atoms with van der Waals surface area (Å²) in [6, 6.07) is 34.4. The third-order valence-electron chi connectivity index (χ3n) is 6.04. The van der Waals surface area contributed by atoms with Gasteiger partial charge in [0.2, 0.25) is 5.95 Å². The number of aromatic amines is 1. The molecule has 0 fully saturated rings. The van der Waals surface area contributed by atoms with E-state index < -0.39 is 0 Å². The summed E-state index contributed by atoms with van der Waals surface area (Å²) in [5.74, 6) is 1.15. The number of anilines is 2. The molecule has 6 aromatic rings. The van der Waals surface area contributed by atoms with Gasteiger partial charge >= 0.3 is 0 Å². The van der Waals surface area contributed by atoms with Crippen LogP contribution in [0.25, 0.3) is 32.9 Å². The second-order valence-electron chi connectivity index (χ2n) is 8.48. The zero-order valence-corrected chi connectivity index (χ0v) is 20.1. The van der Waals surface area contributed by atoms with Gasteiger partial charge < -0.3 is 10.3 Å². The van der Waals surface area contributed by atoms with Crippen molar-refractivity contribution in [1.29, 1.82) is 0 Å². The summed E-state index contributed by atoms with van der Waals surface area (Å²) in [5, 5.41) is 6.72. The average Bonchev–Trinajstić information content (AvgIpc) is 2.92. The molecular formula is C30H22N4OS. The molecule has 0 amide bonds. The van der Waals surface area contributed by atoms with Crippen molar-refractivity contribution in [2.45, 2.75) is 10.6 Å². The van der Waals surface area contributed by atoms with Gasteiger partial charge in [0.25, 0.3) is 5.56 Å². The lowest BCUT2D eigenvalue weighted by Crippen LogP contribution is -2.11. The zero-order valence-electron chi connectivity index (χ0n) is 19.3. The van der Waals surface area contributed by atoms with Gasteiger partial charge in [0.1, 0.15) is 0 Å². The molecule has 174 valence electrons. The lowest BCUT2D eigenvalue weighted by atomic mass is 10.1. The highest BCUT2D eigenvalue weighted by atomic mass is 32.2. The molecule has 0 saturated carbocycles. The fourth-order valence-corrected chi connectivity index (χ4v) is 5.02. The summed E-state index contributed by atoms with van der Waals surface area (Å²) in [7, 11) is 0. The van der Waals surface area contributed by atoms with Gasteiger partial charge in [0, 0.05) is 39.2 Å². The summed E-state index contributed by atoms with van der Waals surface area (Å²) in [6.45, 7) is 0. The number of rotatable bonds is 6. The lowest BCUT2D eigenvalue weighted by Gasteiger charge is -2.09. The van der Waals surface area contributed by atoms with E-state index in [0.29, 0.717) is 11.7 Å². The maximum atomic E-state index is 12.4. The van der Waals surface area contributed by atoms with Gasteiger partial charge in [-0.05, 0) is 64.7 Å². The van der Waals surface area contributed by atoms with Crippen molar-refractivity contribution in [3.05, 3.63) is 125 Å². The van der Waals surface area contributed by atoms with Gasteiger partial charge in [-0.15, -0.1) is 11.8 Å². The van der Waals surface area contributed by atoms with Crippen LogP contribution in [0.1, 0.15) is 5.56 Å². The van der Waals surface area contributed by atoms with E-state index >= 15 is 0 Å². The standard InChI is InChI=1S/C30H22N4OS/c35-29-24(18-22-7-3-4-8-27(22)33-29)19-36-26-13-11-25(12-14-26)32-30-31-16-15-28(34-30)23-10-9-20-5-1-2-6-21(20)17-23/h1-18H,19H2,(H,33,35)(H,31,32,34). The number of nitrogens with one attached hydrogen (secondary N) is 2. The number of nitrogens with zero attached hydrogens (tertiary/aromatic N) is 2. The van der Waals surface area contributed by atoms with Crippen LogP contribution in [0.3, 0.4) is 0 Å². The predicted molar refractivity (Wildman–Crippen MR) is 149 cm³/mol. The van der Waals surface area contributed by atoms with Gasteiger partial charge in [0.15, 0.2) is 0 Å². The number of H-pyrrole nitrogens is 1. The van der Waals surface area contributed by atoms with Crippen molar-refractivity contribution in [3.63, 3.8) is 0 Å². The summed E-state index contributed by atoms with van der Waals surface area (Å²) in [5.41, 5.74) is 4.40. The molecule has 4 aromatic carbocycles. The highest BCUT2D eigenvalue weighted by molar-refractivity contribution is 7.98. The molecule has 0 aliphatic heterocycles. The number of hydrogen-bond acceptors (Lipinski definition) is 5. The Bertz CT molecular complexity index is 1740.